The second-order valence-corrected chi connectivity index (χ2v) is 6.50. The molecule has 2 aromatic rings. The third kappa shape index (κ3) is 5.57. The van der Waals surface area contributed by atoms with Crippen molar-refractivity contribution in [1.29, 1.82) is 0 Å². The summed E-state index contributed by atoms with van der Waals surface area (Å²) >= 11 is 1.44. The van der Waals surface area contributed by atoms with E-state index < -0.39 is 0 Å². The zero-order valence-electron chi connectivity index (χ0n) is 15.1. The summed E-state index contributed by atoms with van der Waals surface area (Å²) in [7, 11) is 1.68. The van der Waals surface area contributed by atoms with E-state index in [1.807, 2.05) is 36.9 Å². The van der Waals surface area contributed by atoms with Gasteiger partial charge in [-0.2, -0.15) is 0 Å². The van der Waals surface area contributed by atoms with Gasteiger partial charge in [-0.15, -0.1) is 10.2 Å². The molecule has 0 fully saturated rings. The zero-order chi connectivity index (χ0) is 18.1. The highest BCUT2D eigenvalue weighted by Crippen LogP contribution is 2.19. The lowest BCUT2D eigenvalue weighted by molar-refractivity contribution is -0.127. The van der Waals surface area contributed by atoms with Crippen molar-refractivity contribution in [3.63, 3.8) is 0 Å². The van der Waals surface area contributed by atoms with Crippen LogP contribution in [0.3, 0.4) is 0 Å². The molecule has 0 N–H and O–H groups in total. The van der Waals surface area contributed by atoms with Crippen LogP contribution < -0.4 is 0 Å². The van der Waals surface area contributed by atoms with E-state index >= 15 is 0 Å². The molecule has 25 heavy (non-hydrogen) atoms. The van der Waals surface area contributed by atoms with Gasteiger partial charge in [-0.25, -0.2) is 0 Å². The number of hydrogen-bond acceptors (Lipinski definition) is 5. The lowest BCUT2D eigenvalue weighted by atomic mass is 10.1. The highest BCUT2D eigenvalue weighted by Gasteiger charge is 2.16. The van der Waals surface area contributed by atoms with E-state index in [1.165, 1.54) is 17.3 Å². The van der Waals surface area contributed by atoms with E-state index in [0.29, 0.717) is 25.3 Å². The second-order valence-electron chi connectivity index (χ2n) is 5.56. The molecule has 0 saturated carbocycles. The van der Waals surface area contributed by atoms with Crippen molar-refractivity contribution in [3.8, 4) is 0 Å². The number of nitrogens with zero attached hydrogens (tertiary/aromatic N) is 4. The fraction of sp³-hybridized carbons (Fsp3) is 0.500. The SMILES string of the molecule is CCN(CC)C(=O)CSc1nnc(Cc2ccccc2)n1CCOC. The summed E-state index contributed by atoms with van der Waals surface area (Å²) in [6, 6.07) is 10.2. The molecule has 0 spiro atoms. The Bertz CT molecular complexity index is 656. The van der Waals surface area contributed by atoms with Crippen LogP contribution in [0.5, 0.6) is 0 Å². The Morgan fingerprint density at radius 3 is 2.56 bits per heavy atom. The van der Waals surface area contributed by atoms with E-state index in [9.17, 15) is 4.79 Å². The van der Waals surface area contributed by atoms with E-state index in [1.54, 1.807) is 7.11 Å². The van der Waals surface area contributed by atoms with Crippen LogP contribution in [-0.2, 0) is 22.5 Å². The fourth-order valence-electron chi connectivity index (χ4n) is 2.54. The first kappa shape index (κ1) is 19.5. The molecule has 0 atom stereocenters. The smallest absolute Gasteiger partial charge is 0.233 e. The summed E-state index contributed by atoms with van der Waals surface area (Å²) in [5, 5.41) is 9.40. The normalized spacial score (nSPS) is 10.8. The minimum atomic E-state index is 0.126. The average molecular weight is 362 g/mol. The van der Waals surface area contributed by atoms with Crippen molar-refractivity contribution < 1.29 is 9.53 Å². The largest absolute Gasteiger partial charge is 0.383 e. The number of carbonyl (C=O) groups excluding carboxylic acids is 1. The third-order valence-electron chi connectivity index (χ3n) is 3.96. The lowest BCUT2D eigenvalue weighted by Crippen LogP contribution is -2.32. The second kappa shape index (κ2) is 10.2. The number of thioether (sulfide) groups is 1. The molecule has 7 heteroatoms. The zero-order valence-corrected chi connectivity index (χ0v) is 16.0. The van der Waals surface area contributed by atoms with Crippen LogP contribution in [0.15, 0.2) is 35.5 Å². The van der Waals surface area contributed by atoms with Gasteiger partial charge in [0.25, 0.3) is 0 Å². The molecule has 1 aromatic heterocycles. The molecular formula is C18H26N4O2S. The summed E-state index contributed by atoms with van der Waals surface area (Å²) in [5.41, 5.74) is 1.18. The van der Waals surface area contributed by atoms with Gasteiger partial charge in [-0.1, -0.05) is 42.1 Å². The molecule has 0 unspecified atom stereocenters. The van der Waals surface area contributed by atoms with Gasteiger partial charge in [0.2, 0.25) is 5.91 Å². The van der Waals surface area contributed by atoms with Crippen LogP contribution in [0.4, 0.5) is 0 Å². The fourth-order valence-corrected chi connectivity index (χ4v) is 3.42. The Morgan fingerprint density at radius 1 is 1.20 bits per heavy atom. The molecule has 1 amide bonds. The number of ether oxygens (including phenoxy) is 1. The van der Waals surface area contributed by atoms with E-state index in [4.69, 9.17) is 4.74 Å². The molecule has 6 nitrogen and oxygen atoms in total. The van der Waals surface area contributed by atoms with Gasteiger partial charge in [0.05, 0.1) is 12.4 Å². The van der Waals surface area contributed by atoms with Gasteiger partial charge in [0.15, 0.2) is 5.16 Å². The molecule has 0 bridgehead atoms. The number of aromatic nitrogens is 3. The van der Waals surface area contributed by atoms with Crippen molar-refractivity contribution in [2.75, 3.05) is 32.6 Å². The highest BCUT2D eigenvalue weighted by molar-refractivity contribution is 7.99. The molecule has 2 rings (SSSR count). The monoisotopic (exact) mass is 362 g/mol. The van der Waals surface area contributed by atoms with Crippen LogP contribution in [0.2, 0.25) is 0 Å². The van der Waals surface area contributed by atoms with Crippen molar-refractivity contribution >= 4 is 17.7 Å². The average Bonchev–Trinajstić information content (AvgIpc) is 3.01. The molecule has 0 aliphatic heterocycles. The summed E-state index contributed by atoms with van der Waals surface area (Å²) in [5.74, 6) is 1.39. The lowest BCUT2D eigenvalue weighted by Gasteiger charge is -2.18. The van der Waals surface area contributed by atoms with Crippen LogP contribution in [0, 0.1) is 0 Å². The molecule has 0 saturated heterocycles. The maximum Gasteiger partial charge on any atom is 0.233 e. The van der Waals surface area contributed by atoms with E-state index in [0.717, 1.165) is 24.1 Å². The van der Waals surface area contributed by atoms with Gasteiger partial charge < -0.3 is 14.2 Å². The minimum absolute atomic E-state index is 0.126. The number of methoxy groups -OCH3 is 1. The quantitative estimate of drug-likeness (QED) is 0.608. The van der Waals surface area contributed by atoms with E-state index in [-0.39, 0.29) is 5.91 Å². The van der Waals surface area contributed by atoms with Crippen LogP contribution in [0.1, 0.15) is 25.2 Å². The van der Waals surface area contributed by atoms with Crippen molar-refractivity contribution in [3.05, 3.63) is 41.7 Å². The van der Waals surface area contributed by atoms with Gasteiger partial charge in [-0.3, -0.25) is 4.79 Å². The first-order valence-corrected chi connectivity index (χ1v) is 9.53. The van der Waals surface area contributed by atoms with Crippen LogP contribution in [-0.4, -0.2) is 58.1 Å². The molecule has 1 heterocycles. The van der Waals surface area contributed by atoms with Crippen LogP contribution in [0.25, 0.3) is 0 Å². The number of amides is 1. The predicted octanol–water partition coefficient (Wildman–Crippen LogP) is 2.48. The summed E-state index contributed by atoms with van der Waals surface area (Å²) in [4.78, 5) is 14.1. The number of carbonyl (C=O) groups is 1. The highest BCUT2D eigenvalue weighted by atomic mass is 32.2. The predicted molar refractivity (Wildman–Crippen MR) is 99.8 cm³/mol. The molecule has 1 aromatic carbocycles. The summed E-state index contributed by atoms with van der Waals surface area (Å²) < 4.78 is 7.27. The third-order valence-corrected chi connectivity index (χ3v) is 4.91. The standard InChI is InChI=1S/C18H26N4O2S/c1-4-21(5-2)17(23)14-25-18-20-19-16(22(18)11-12-24-3)13-15-9-7-6-8-10-15/h6-10H,4-5,11-14H2,1-3H3. The van der Waals surface area contributed by atoms with Crippen molar-refractivity contribution in [2.45, 2.75) is 32.0 Å². The number of benzene rings is 1. The molecule has 0 radical (unpaired) electrons. The van der Waals surface area contributed by atoms with Gasteiger partial charge in [0.1, 0.15) is 5.82 Å². The maximum atomic E-state index is 12.2. The van der Waals surface area contributed by atoms with Crippen molar-refractivity contribution in [1.82, 2.24) is 19.7 Å². The molecule has 0 aliphatic rings. The topological polar surface area (TPSA) is 60.2 Å². The molecule has 136 valence electrons. The maximum absolute atomic E-state index is 12.2. The molecular weight excluding hydrogens is 336 g/mol. The van der Waals surface area contributed by atoms with Crippen molar-refractivity contribution in [2.24, 2.45) is 0 Å². The Morgan fingerprint density at radius 2 is 1.92 bits per heavy atom. The first-order valence-electron chi connectivity index (χ1n) is 8.55. The Balaban J connectivity index is 2.10. The Kier molecular flexibility index (Phi) is 7.94. The van der Waals surface area contributed by atoms with Gasteiger partial charge >= 0.3 is 0 Å². The summed E-state index contributed by atoms with van der Waals surface area (Å²) in [6.45, 7) is 6.69. The first-order chi connectivity index (χ1) is 12.2. The van der Waals surface area contributed by atoms with Gasteiger partial charge in [0, 0.05) is 33.2 Å². The van der Waals surface area contributed by atoms with Crippen LogP contribution >= 0.6 is 11.8 Å². The summed E-state index contributed by atoms with van der Waals surface area (Å²) in [6.07, 6.45) is 0.710. The number of hydrogen-bond donors (Lipinski definition) is 0. The Hall–Kier alpha value is -1.86. The molecule has 0 aliphatic carbocycles. The minimum Gasteiger partial charge on any atom is -0.383 e. The number of rotatable bonds is 10. The Labute approximate surface area is 153 Å². The van der Waals surface area contributed by atoms with Gasteiger partial charge in [-0.05, 0) is 19.4 Å². The van der Waals surface area contributed by atoms with E-state index in [2.05, 4.69) is 26.9 Å².